The van der Waals surface area contributed by atoms with Crippen molar-refractivity contribution in [2.24, 2.45) is 17.3 Å². The number of hydrogen-bond donors (Lipinski definition) is 0. The van der Waals surface area contributed by atoms with E-state index in [1.54, 1.807) is 0 Å². The van der Waals surface area contributed by atoms with Crippen LogP contribution < -0.4 is 0 Å². The maximum Gasteiger partial charge on any atom is 0.272 e. The predicted octanol–water partition coefficient (Wildman–Crippen LogP) is 7.46. The van der Waals surface area contributed by atoms with Crippen LogP contribution in [0.3, 0.4) is 0 Å². The van der Waals surface area contributed by atoms with Crippen LogP contribution in [-0.2, 0) is 16.0 Å². The van der Waals surface area contributed by atoms with Gasteiger partial charge in [0.1, 0.15) is 5.60 Å². The van der Waals surface area contributed by atoms with Crippen LogP contribution in [0, 0.1) is 17.3 Å². The lowest BCUT2D eigenvalue weighted by Crippen LogP contribution is -2.52. The Morgan fingerprint density at radius 3 is 2.62 bits per heavy atom. The van der Waals surface area contributed by atoms with Crippen molar-refractivity contribution in [3.8, 4) is 0 Å². The molecule has 4 aliphatic carbocycles. The Balaban J connectivity index is 1.53. The molecular weight excluding hydrogens is 430 g/mol. The van der Waals surface area contributed by atoms with Crippen molar-refractivity contribution in [2.45, 2.75) is 83.2 Å². The summed E-state index contributed by atoms with van der Waals surface area (Å²) < 4.78 is 34.8. The lowest BCUT2D eigenvalue weighted by molar-refractivity contribution is -0.114. The highest BCUT2D eigenvalue weighted by molar-refractivity contribution is 5.93. The largest absolute Gasteiger partial charge is 0.370 e. The first-order valence-corrected chi connectivity index (χ1v) is 13.1. The number of halogens is 2. The summed E-state index contributed by atoms with van der Waals surface area (Å²) in [5, 5.41) is 0. The first kappa shape index (κ1) is 22.4. The number of rotatable bonds is 2. The molecule has 1 aromatic carbocycles. The molecule has 2 unspecified atom stereocenters. The Bertz CT molecular complexity index is 1120. The van der Waals surface area contributed by atoms with E-state index in [0.717, 1.165) is 38.5 Å². The maximum atomic E-state index is 14.2. The molecule has 0 amide bonds. The van der Waals surface area contributed by atoms with Crippen LogP contribution in [0.15, 0.2) is 58.7 Å². The zero-order valence-corrected chi connectivity index (χ0v) is 20.3. The molecular formula is C30H34F2O2. The van der Waals surface area contributed by atoms with Crippen molar-refractivity contribution in [3.63, 3.8) is 0 Å². The molecule has 0 bridgehead atoms. The zero-order chi connectivity index (χ0) is 23.7. The van der Waals surface area contributed by atoms with Gasteiger partial charge in [-0.15, -0.1) is 0 Å². The SMILES string of the molecule is CCc1ccc([C@H]2C[C@@]3(C)C(CC[C@]34OCCC4=C(F)F)C3CCC4=CC(=O)CCC4=C32)cc1. The van der Waals surface area contributed by atoms with Crippen molar-refractivity contribution in [1.82, 2.24) is 0 Å². The zero-order valence-electron chi connectivity index (χ0n) is 20.3. The molecule has 0 aromatic heterocycles. The third-order valence-electron chi connectivity index (χ3n) is 10.1. The number of benzene rings is 1. The van der Waals surface area contributed by atoms with E-state index in [4.69, 9.17) is 4.74 Å². The molecule has 5 atom stereocenters. The van der Waals surface area contributed by atoms with Crippen molar-refractivity contribution in [3.05, 3.63) is 69.8 Å². The molecule has 4 heteroatoms. The van der Waals surface area contributed by atoms with Crippen LogP contribution >= 0.6 is 0 Å². The van der Waals surface area contributed by atoms with Crippen molar-refractivity contribution in [1.29, 1.82) is 0 Å². The van der Waals surface area contributed by atoms with Crippen molar-refractivity contribution < 1.29 is 18.3 Å². The van der Waals surface area contributed by atoms with Gasteiger partial charge < -0.3 is 4.74 Å². The average Bonchev–Trinajstić information content (AvgIpc) is 3.40. The van der Waals surface area contributed by atoms with Gasteiger partial charge in [-0.3, -0.25) is 4.79 Å². The number of allylic oxidation sites excluding steroid dienone is 4. The van der Waals surface area contributed by atoms with Gasteiger partial charge in [-0.05, 0) is 85.1 Å². The monoisotopic (exact) mass is 464 g/mol. The first-order valence-electron chi connectivity index (χ1n) is 13.1. The van der Waals surface area contributed by atoms with Gasteiger partial charge in [0.2, 0.25) is 0 Å². The molecule has 3 fully saturated rings. The standard InChI is InChI=1S/C30H34F2O2/c1-3-18-4-6-19(7-5-18)24-17-29(2)25(12-14-30(29)26(28(31)32)13-15-34-30)23-10-8-20-16-21(33)9-11-22(20)27(23)24/h4-7,16,23-25H,3,8-15,17H2,1-2H3/t23?,24-,25?,29+,30-/m1/s1. The fourth-order valence-corrected chi connectivity index (χ4v) is 8.53. The van der Waals surface area contributed by atoms with Gasteiger partial charge in [0, 0.05) is 29.7 Å². The second kappa shape index (κ2) is 7.98. The minimum atomic E-state index is -1.52. The number of hydrogen-bond acceptors (Lipinski definition) is 2. The molecule has 180 valence electrons. The summed E-state index contributed by atoms with van der Waals surface area (Å²) in [4.78, 5) is 12.2. The first-order chi connectivity index (χ1) is 16.4. The number of carbonyl (C=O) groups excluding carboxylic acids is 1. The van der Waals surface area contributed by atoms with Gasteiger partial charge in [-0.25, -0.2) is 0 Å². The summed E-state index contributed by atoms with van der Waals surface area (Å²) in [7, 11) is 0. The van der Waals surface area contributed by atoms with E-state index < -0.39 is 11.7 Å². The third-order valence-corrected chi connectivity index (χ3v) is 10.1. The molecule has 2 saturated carbocycles. The minimum absolute atomic E-state index is 0.187. The lowest BCUT2D eigenvalue weighted by atomic mass is 9.50. The number of ketones is 1. The molecule has 6 rings (SSSR count). The summed E-state index contributed by atoms with van der Waals surface area (Å²) >= 11 is 0. The van der Waals surface area contributed by atoms with Gasteiger partial charge >= 0.3 is 0 Å². The highest BCUT2D eigenvalue weighted by Crippen LogP contribution is 2.70. The molecule has 1 aliphatic heterocycles. The molecule has 1 spiro atoms. The molecule has 1 heterocycles. The van der Waals surface area contributed by atoms with Crippen LogP contribution in [0.5, 0.6) is 0 Å². The summed E-state index contributed by atoms with van der Waals surface area (Å²) in [6.07, 6.45) is 7.54. The number of ether oxygens (including phenoxy) is 1. The Kier molecular flexibility index (Phi) is 5.26. The van der Waals surface area contributed by atoms with Gasteiger partial charge in [-0.1, -0.05) is 43.7 Å². The van der Waals surface area contributed by atoms with E-state index >= 15 is 0 Å². The van der Waals surface area contributed by atoms with Gasteiger partial charge in [0.15, 0.2) is 5.78 Å². The molecule has 0 radical (unpaired) electrons. The third kappa shape index (κ3) is 3.03. The molecule has 1 saturated heterocycles. The molecule has 5 aliphatic rings. The summed E-state index contributed by atoms with van der Waals surface area (Å²) in [5.41, 5.74) is 5.88. The van der Waals surface area contributed by atoms with E-state index in [9.17, 15) is 13.6 Å². The van der Waals surface area contributed by atoms with Crippen LogP contribution in [0.25, 0.3) is 0 Å². The van der Waals surface area contributed by atoms with E-state index in [2.05, 4.69) is 38.1 Å². The summed E-state index contributed by atoms with van der Waals surface area (Å²) in [5.74, 6) is 1.15. The number of carbonyl (C=O) groups is 1. The van der Waals surface area contributed by atoms with E-state index in [0.29, 0.717) is 37.7 Å². The fraction of sp³-hybridized carbons (Fsp3) is 0.567. The maximum absolute atomic E-state index is 14.2. The predicted molar refractivity (Wildman–Crippen MR) is 129 cm³/mol. The second-order valence-corrected chi connectivity index (χ2v) is 11.3. The Morgan fingerprint density at radius 1 is 1.09 bits per heavy atom. The van der Waals surface area contributed by atoms with Crippen molar-refractivity contribution >= 4 is 5.78 Å². The molecule has 2 nitrogen and oxygen atoms in total. The smallest absolute Gasteiger partial charge is 0.272 e. The molecule has 1 aromatic rings. The Labute approximate surface area is 201 Å². The quantitative estimate of drug-likeness (QED) is 0.454. The van der Waals surface area contributed by atoms with E-state index in [-0.39, 0.29) is 22.7 Å². The Hall–Kier alpha value is -2.07. The highest BCUT2D eigenvalue weighted by atomic mass is 19.3. The number of aryl methyl sites for hydroxylation is 1. The van der Waals surface area contributed by atoms with Gasteiger partial charge in [0.05, 0.1) is 6.61 Å². The normalized spacial score (nSPS) is 36.9. The minimum Gasteiger partial charge on any atom is -0.370 e. The second-order valence-electron chi connectivity index (χ2n) is 11.3. The number of fused-ring (bicyclic) bond motifs is 5. The fourth-order valence-electron chi connectivity index (χ4n) is 8.53. The summed E-state index contributed by atoms with van der Waals surface area (Å²) in [6.45, 7) is 4.82. The summed E-state index contributed by atoms with van der Waals surface area (Å²) in [6, 6.07) is 8.95. The topological polar surface area (TPSA) is 26.3 Å². The van der Waals surface area contributed by atoms with Gasteiger partial charge in [0.25, 0.3) is 6.08 Å². The Morgan fingerprint density at radius 2 is 1.88 bits per heavy atom. The van der Waals surface area contributed by atoms with Crippen LogP contribution in [-0.4, -0.2) is 18.0 Å². The van der Waals surface area contributed by atoms with Crippen LogP contribution in [0.4, 0.5) is 8.78 Å². The van der Waals surface area contributed by atoms with E-state index in [1.807, 2.05) is 6.08 Å². The van der Waals surface area contributed by atoms with Crippen LogP contribution in [0.1, 0.15) is 82.3 Å². The van der Waals surface area contributed by atoms with Gasteiger partial charge in [-0.2, -0.15) is 8.78 Å². The average molecular weight is 465 g/mol. The molecule has 0 N–H and O–H groups in total. The lowest BCUT2D eigenvalue weighted by Gasteiger charge is -2.55. The highest BCUT2D eigenvalue weighted by Gasteiger charge is 2.67. The van der Waals surface area contributed by atoms with E-state index in [1.165, 1.54) is 27.8 Å². The van der Waals surface area contributed by atoms with Crippen LogP contribution in [0.2, 0.25) is 0 Å². The molecule has 34 heavy (non-hydrogen) atoms. The van der Waals surface area contributed by atoms with Crippen molar-refractivity contribution in [2.75, 3.05) is 6.61 Å².